The Morgan fingerprint density at radius 1 is 1.37 bits per heavy atom. The summed E-state index contributed by atoms with van der Waals surface area (Å²) in [7, 11) is 3.98. The number of pyridine rings is 1. The molecule has 3 aromatic heterocycles. The van der Waals surface area contributed by atoms with Crippen LogP contribution >= 0.6 is 11.3 Å². The summed E-state index contributed by atoms with van der Waals surface area (Å²) in [6, 6.07) is 2.03. The first-order valence-corrected chi connectivity index (χ1v) is 9.74. The zero-order valence-corrected chi connectivity index (χ0v) is 17.2. The number of nitrogens with zero attached hydrogens (tertiary/aromatic N) is 4. The van der Waals surface area contributed by atoms with E-state index in [4.69, 9.17) is 0 Å². The molecule has 0 aliphatic rings. The fourth-order valence-electron chi connectivity index (χ4n) is 2.85. The normalized spacial score (nSPS) is 12.9. The molecule has 0 N–H and O–H groups in total. The van der Waals surface area contributed by atoms with Crippen molar-refractivity contribution in [2.75, 3.05) is 19.0 Å². The minimum Gasteiger partial charge on any atom is -0.377 e. The van der Waals surface area contributed by atoms with E-state index in [9.17, 15) is 4.79 Å². The van der Waals surface area contributed by atoms with Crippen molar-refractivity contribution in [3.8, 4) is 0 Å². The molecule has 3 heterocycles. The molecule has 0 aliphatic heterocycles. The van der Waals surface area contributed by atoms with Crippen LogP contribution in [0, 0.1) is 6.92 Å². The van der Waals surface area contributed by atoms with Crippen LogP contribution in [0.25, 0.3) is 26.6 Å². The van der Waals surface area contributed by atoms with Gasteiger partial charge in [0.1, 0.15) is 15.9 Å². The van der Waals surface area contributed by atoms with Gasteiger partial charge in [0.05, 0.1) is 16.6 Å². The van der Waals surface area contributed by atoms with Gasteiger partial charge in [-0.3, -0.25) is 9.36 Å². The summed E-state index contributed by atoms with van der Waals surface area (Å²) in [4.78, 5) is 25.0. The molecule has 0 unspecified atom stereocenters. The van der Waals surface area contributed by atoms with Gasteiger partial charge in [0.25, 0.3) is 5.56 Å². The third kappa shape index (κ3) is 3.85. The molecule has 3 rings (SSSR count). The van der Waals surface area contributed by atoms with Crippen LogP contribution < -0.4 is 10.5 Å². The maximum Gasteiger partial charge on any atom is 0.275 e. The van der Waals surface area contributed by atoms with Gasteiger partial charge in [-0.15, -0.1) is 11.3 Å². The zero-order chi connectivity index (χ0) is 19.6. The number of allylic oxidation sites excluding steroid dienone is 5. The van der Waals surface area contributed by atoms with E-state index in [1.54, 1.807) is 12.5 Å². The highest BCUT2D eigenvalue weighted by Crippen LogP contribution is 2.35. The molecule has 3 aromatic rings. The maximum atomic E-state index is 12.9. The lowest BCUT2D eigenvalue weighted by Gasteiger charge is -2.14. The number of hydrogen-bond acceptors (Lipinski definition) is 5. The minimum atomic E-state index is -0.0724. The van der Waals surface area contributed by atoms with Crippen LogP contribution in [0.5, 0.6) is 0 Å². The summed E-state index contributed by atoms with van der Waals surface area (Å²) in [5.41, 5.74) is 3.74. The average Bonchev–Trinajstić information content (AvgIpc) is 3.00. The Balaban J connectivity index is 2.11. The number of anilines is 1. The van der Waals surface area contributed by atoms with Gasteiger partial charge < -0.3 is 4.90 Å². The number of rotatable bonds is 5. The fourth-order valence-corrected chi connectivity index (χ4v) is 3.98. The quantitative estimate of drug-likeness (QED) is 0.599. The number of hydrogen-bond donors (Lipinski definition) is 0. The van der Waals surface area contributed by atoms with Gasteiger partial charge in [0.2, 0.25) is 0 Å². The molecular formula is C21H24N4OS. The molecule has 0 saturated heterocycles. The van der Waals surface area contributed by atoms with E-state index in [0.717, 1.165) is 39.1 Å². The molecule has 5 nitrogen and oxygen atoms in total. The Morgan fingerprint density at radius 2 is 2.15 bits per heavy atom. The van der Waals surface area contributed by atoms with Crippen LogP contribution in [-0.2, 0) is 0 Å². The first-order chi connectivity index (χ1) is 12.9. The Hall–Kier alpha value is -2.73. The smallest absolute Gasteiger partial charge is 0.275 e. The third-order valence-electron chi connectivity index (χ3n) is 4.19. The van der Waals surface area contributed by atoms with Crippen molar-refractivity contribution < 1.29 is 0 Å². The standard InChI is InChI=1S/C21H24N4OS/c1-6-7-9-14(2)10-8-11-25-13-22-18-17-16(24(4)5)12-15(3)23-20(17)27-19(18)21(25)26/h7-13H,6H2,1-5H3/b9-7-,11-8+,14-10-. The largest absolute Gasteiger partial charge is 0.377 e. The molecule has 0 radical (unpaired) electrons. The predicted octanol–water partition coefficient (Wildman–Crippen LogP) is 4.76. The number of aryl methyl sites for hydroxylation is 1. The SMILES string of the molecule is CC\C=C/C(C)=C\C=C\n1cnc2c(sc3nc(C)cc(N(C)C)c32)c1=O. The van der Waals surface area contributed by atoms with Gasteiger partial charge in [0.15, 0.2) is 0 Å². The summed E-state index contributed by atoms with van der Waals surface area (Å²) in [5, 5.41) is 0.944. The number of fused-ring (bicyclic) bond motifs is 3. The lowest BCUT2D eigenvalue weighted by molar-refractivity contribution is 1.03. The highest BCUT2D eigenvalue weighted by Gasteiger charge is 2.16. The van der Waals surface area contributed by atoms with E-state index in [2.05, 4.69) is 29.0 Å². The van der Waals surface area contributed by atoms with E-state index in [1.807, 2.05) is 51.1 Å². The van der Waals surface area contributed by atoms with Gasteiger partial charge in [-0.1, -0.05) is 30.7 Å². The first-order valence-electron chi connectivity index (χ1n) is 8.92. The van der Waals surface area contributed by atoms with Crippen molar-refractivity contribution in [2.45, 2.75) is 27.2 Å². The van der Waals surface area contributed by atoms with Gasteiger partial charge in [-0.05, 0) is 32.4 Å². The highest BCUT2D eigenvalue weighted by molar-refractivity contribution is 7.25. The van der Waals surface area contributed by atoms with Gasteiger partial charge in [0, 0.05) is 26.0 Å². The predicted molar refractivity (Wildman–Crippen MR) is 117 cm³/mol. The molecule has 0 bridgehead atoms. The van der Waals surface area contributed by atoms with Crippen molar-refractivity contribution in [1.82, 2.24) is 14.5 Å². The molecule has 0 aromatic carbocycles. The molecule has 6 heteroatoms. The monoisotopic (exact) mass is 380 g/mol. The fraction of sp³-hybridized carbons (Fsp3) is 0.286. The zero-order valence-electron chi connectivity index (χ0n) is 16.4. The van der Waals surface area contributed by atoms with Gasteiger partial charge in [-0.2, -0.15) is 0 Å². The lowest BCUT2D eigenvalue weighted by Crippen LogP contribution is -2.14. The Bertz CT molecular complexity index is 1130. The van der Waals surface area contributed by atoms with Crippen LogP contribution in [0.3, 0.4) is 0 Å². The minimum absolute atomic E-state index is 0.0724. The second-order valence-electron chi connectivity index (χ2n) is 6.66. The molecular weight excluding hydrogens is 356 g/mol. The van der Waals surface area contributed by atoms with Crippen molar-refractivity contribution in [1.29, 1.82) is 0 Å². The van der Waals surface area contributed by atoms with Gasteiger partial charge >= 0.3 is 0 Å². The number of aromatic nitrogens is 3. The van der Waals surface area contributed by atoms with Crippen LogP contribution in [0.15, 0.2) is 47.1 Å². The third-order valence-corrected chi connectivity index (χ3v) is 5.25. The molecule has 27 heavy (non-hydrogen) atoms. The summed E-state index contributed by atoms with van der Waals surface area (Å²) in [6.45, 7) is 6.10. The average molecular weight is 381 g/mol. The topological polar surface area (TPSA) is 51.0 Å². The van der Waals surface area contributed by atoms with Crippen LogP contribution in [0.4, 0.5) is 5.69 Å². The van der Waals surface area contributed by atoms with Crippen molar-refractivity contribution >= 4 is 43.7 Å². The molecule has 140 valence electrons. The van der Waals surface area contributed by atoms with E-state index in [0.29, 0.717) is 4.70 Å². The summed E-state index contributed by atoms with van der Waals surface area (Å²) in [6.07, 6.45) is 12.3. The summed E-state index contributed by atoms with van der Waals surface area (Å²) in [5.74, 6) is 0. The van der Waals surface area contributed by atoms with Gasteiger partial charge in [-0.25, -0.2) is 9.97 Å². The Labute approximate surface area is 163 Å². The van der Waals surface area contributed by atoms with E-state index < -0.39 is 0 Å². The van der Waals surface area contributed by atoms with Crippen LogP contribution in [0.2, 0.25) is 0 Å². The summed E-state index contributed by atoms with van der Waals surface area (Å²) >= 11 is 1.40. The lowest BCUT2D eigenvalue weighted by atomic mass is 10.2. The van der Waals surface area contributed by atoms with E-state index in [1.165, 1.54) is 15.9 Å². The van der Waals surface area contributed by atoms with Crippen molar-refractivity contribution in [3.05, 3.63) is 58.3 Å². The van der Waals surface area contributed by atoms with Crippen molar-refractivity contribution in [3.63, 3.8) is 0 Å². The number of thiophene rings is 1. The molecule has 0 saturated carbocycles. The van der Waals surface area contributed by atoms with Crippen LogP contribution in [0.1, 0.15) is 26.0 Å². The molecule has 0 atom stereocenters. The maximum absolute atomic E-state index is 12.9. The summed E-state index contributed by atoms with van der Waals surface area (Å²) < 4.78 is 2.15. The van der Waals surface area contributed by atoms with Crippen LogP contribution in [-0.4, -0.2) is 28.6 Å². The molecule has 0 fully saturated rings. The highest BCUT2D eigenvalue weighted by atomic mass is 32.1. The second kappa shape index (κ2) is 7.88. The molecule has 0 aliphatic carbocycles. The first kappa shape index (κ1) is 19.0. The van der Waals surface area contributed by atoms with E-state index >= 15 is 0 Å². The Morgan fingerprint density at radius 3 is 2.85 bits per heavy atom. The Kier molecular flexibility index (Phi) is 5.56. The molecule has 0 amide bonds. The molecule has 0 spiro atoms. The second-order valence-corrected chi connectivity index (χ2v) is 7.66. The van der Waals surface area contributed by atoms with Crippen molar-refractivity contribution in [2.24, 2.45) is 0 Å². The van der Waals surface area contributed by atoms with E-state index in [-0.39, 0.29) is 5.56 Å².